The molecule has 1 amide bonds. The second kappa shape index (κ2) is 9.80. The van der Waals surface area contributed by atoms with Crippen LogP contribution in [0.2, 0.25) is 0 Å². The third-order valence-corrected chi connectivity index (χ3v) is 3.95. The van der Waals surface area contributed by atoms with E-state index >= 15 is 0 Å². The highest BCUT2D eigenvalue weighted by atomic mass is 35.5. The molecule has 0 aromatic carbocycles. The summed E-state index contributed by atoms with van der Waals surface area (Å²) in [6.07, 6.45) is 5.69. The van der Waals surface area contributed by atoms with Crippen molar-refractivity contribution in [1.29, 1.82) is 0 Å². The maximum absolute atomic E-state index is 12.6. The van der Waals surface area contributed by atoms with Crippen LogP contribution in [0.1, 0.15) is 45.2 Å². The van der Waals surface area contributed by atoms with Gasteiger partial charge in [-0.3, -0.25) is 9.78 Å². The van der Waals surface area contributed by atoms with E-state index in [1.165, 1.54) is 0 Å². The van der Waals surface area contributed by atoms with Gasteiger partial charge in [0.15, 0.2) is 0 Å². The minimum atomic E-state index is 0. The minimum Gasteiger partial charge on any atom is -0.334 e. The van der Waals surface area contributed by atoms with E-state index in [0.717, 1.165) is 38.0 Å². The van der Waals surface area contributed by atoms with Crippen LogP contribution < -0.4 is 5.32 Å². The Morgan fingerprint density at radius 1 is 1.36 bits per heavy atom. The number of hydrogen-bond donors (Lipinski definition) is 1. The van der Waals surface area contributed by atoms with Gasteiger partial charge in [0.2, 0.25) is 5.91 Å². The summed E-state index contributed by atoms with van der Waals surface area (Å²) in [6, 6.07) is 6.25. The highest BCUT2D eigenvalue weighted by molar-refractivity contribution is 5.85. The van der Waals surface area contributed by atoms with Crippen molar-refractivity contribution in [2.75, 3.05) is 13.1 Å². The molecule has 0 spiro atoms. The van der Waals surface area contributed by atoms with Crippen molar-refractivity contribution >= 4 is 18.3 Å². The maximum atomic E-state index is 12.6. The van der Waals surface area contributed by atoms with Gasteiger partial charge in [0, 0.05) is 18.7 Å². The number of carbonyl (C=O) groups is 1. The molecule has 1 fully saturated rings. The van der Waals surface area contributed by atoms with Crippen molar-refractivity contribution in [2.24, 2.45) is 5.92 Å². The lowest BCUT2D eigenvalue weighted by Crippen LogP contribution is -2.41. The number of hydrogen-bond acceptors (Lipinski definition) is 3. The summed E-state index contributed by atoms with van der Waals surface area (Å²) in [4.78, 5) is 19.1. The quantitative estimate of drug-likeness (QED) is 0.905. The number of nitrogens with zero attached hydrogens (tertiary/aromatic N) is 2. The molecule has 0 saturated carbocycles. The summed E-state index contributed by atoms with van der Waals surface area (Å²) in [5.74, 6) is 0.662. The minimum absolute atomic E-state index is 0. The average Bonchev–Trinajstić information content (AvgIpc) is 2.74. The lowest BCUT2D eigenvalue weighted by atomic mass is 10.0. The molecule has 0 radical (unpaired) electrons. The molecule has 0 aliphatic carbocycles. The zero-order chi connectivity index (χ0) is 15.1. The van der Waals surface area contributed by atoms with Crippen LogP contribution >= 0.6 is 12.4 Å². The maximum Gasteiger partial charge on any atom is 0.223 e. The predicted molar refractivity (Wildman–Crippen MR) is 92.0 cm³/mol. The van der Waals surface area contributed by atoms with Crippen LogP contribution in [0.3, 0.4) is 0 Å². The Morgan fingerprint density at radius 3 is 2.86 bits per heavy atom. The molecule has 0 bridgehead atoms. The summed E-state index contributed by atoms with van der Waals surface area (Å²) in [5.41, 5.74) is 0.979. The highest BCUT2D eigenvalue weighted by Gasteiger charge is 2.25. The van der Waals surface area contributed by atoms with E-state index in [1.54, 1.807) is 6.20 Å². The lowest BCUT2D eigenvalue weighted by molar-refractivity contribution is -0.135. The molecular formula is C17H28ClN3O. The van der Waals surface area contributed by atoms with Gasteiger partial charge in [0.05, 0.1) is 12.2 Å². The van der Waals surface area contributed by atoms with Gasteiger partial charge in [-0.05, 0) is 50.4 Å². The van der Waals surface area contributed by atoms with Gasteiger partial charge >= 0.3 is 0 Å². The van der Waals surface area contributed by atoms with Crippen LogP contribution in [0.5, 0.6) is 0 Å². The summed E-state index contributed by atoms with van der Waals surface area (Å²) < 4.78 is 0. The smallest absolute Gasteiger partial charge is 0.223 e. The molecule has 4 nitrogen and oxygen atoms in total. The summed E-state index contributed by atoms with van der Waals surface area (Å²) in [7, 11) is 0. The molecule has 1 saturated heterocycles. The summed E-state index contributed by atoms with van der Waals surface area (Å²) in [6.45, 7) is 6.90. The van der Waals surface area contributed by atoms with E-state index in [2.05, 4.69) is 29.0 Å². The standard InChI is InChI=1S/C17H27N3O.ClH/c1-14(2)12-17(21)20(13-15-6-3-4-10-19-15)16-7-5-9-18-11-8-16;/h3-4,6,10,14,16,18H,5,7-9,11-13H2,1-2H3;1H. The van der Waals surface area contributed by atoms with Gasteiger partial charge in [-0.1, -0.05) is 19.9 Å². The molecule has 124 valence electrons. The topological polar surface area (TPSA) is 45.2 Å². The highest BCUT2D eigenvalue weighted by Crippen LogP contribution is 2.18. The van der Waals surface area contributed by atoms with Crippen molar-refractivity contribution in [3.05, 3.63) is 30.1 Å². The van der Waals surface area contributed by atoms with Gasteiger partial charge in [-0.25, -0.2) is 0 Å². The fourth-order valence-corrected chi connectivity index (χ4v) is 2.87. The SMILES string of the molecule is CC(C)CC(=O)N(Cc1ccccn1)C1CCCNCC1.Cl. The number of rotatable bonds is 5. The Hall–Kier alpha value is -1.13. The zero-order valence-electron chi connectivity index (χ0n) is 13.6. The Morgan fingerprint density at radius 2 is 2.18 bits per heavy atom. The second-order valence-electron chi connectivity index (χ2n) is 6.28. The van der Waals surface area contributed by atoms with Gasteiger partial charge in [0.1, 0.15) is 0 Å². The normalized spacial score (nSPS) is 18.4. The molecule has 1 atom stereocenters. The van der Waals surface area contributed by atoms with Crippen LogP contribution in [0.25, 0.3) is 0 Å². The van der Waals surface area contributed by atoms with Crippen LogP contribution in [0, 0.1) is 5.92 Å². The molecule has 1 aliphatic heterocycles. The van der Waals surface area contributed by atoms with E-state index in [4.69, 9.17) is 0 Å². The zero-order valence-corrected chi connectivity index (χ0v) is 14.4. The number of halogens is 1. The third kappa shape index (κ3) is 5.93. The molecule has 1 aromatic rings. The molecule has 22 heavy (non-hydrogen) atoms. The van der Waals surface area contributed by atoms with Crippen LogP contribution in [0.15, 0.2) is 24.4 Å². The van der Waals surface area contributed by atoms with Gasteiger partial charge in [-0.15, -0.1) is 12.4 Å². The van der Waals surface area contributed by atoms with Crippen molar-refractivity contribution in [2.45, 2.75) is 52.1 Å². The first-order valence-electron chi connectivity index (χ1n) is 8.07. The van der Waals surface area contributed by atoms with Crippen LogP contribution in [0.4, 0.5) is 0 Å². The monoisotopic (exact) mass is 325 g/mol. The fourth-order valence-electron chi connectivity index (χ4n) is 2.87. The van der Waals surface area contributed by atoms with Crippen molar-refractivity contribution in [3.63, 3.8) is 0 Å². The molecule has 2 rings (SSSR count). The van der Waals surface area contributed by atoms with Crippen molar-refractivity contribution < 1.29 is 4.79 Å². The number of carbonyl (C=O) groups excluding carboxylic acids is 1. The second-order valence-corrected chi connectivity index (χ2v) is 6.28. The van der Waals surface area contributed by atoms with Crippen molar-refractivity contribution in [3.8, 4) is 0 Å². The molecule has 1 N–H and O–H groups in total. The van der Waals surface area contributed by atoms with Crippen LogP contribution in [-0.4, -0.2) is 34.9 Å². The van der Waals surface area contributed by atoms with Gasteiger partial charge < -0.3 is 10.2 Å². The third-order valence-electron chi connectivity index (χ3n) is 3.95. The lowest BCUT2D eigenvalue weighted by Gasteiger charge is -2.31. The van der Waals surface area contributed by atoms with Crippen molar-refractivity contribution in [1.82, 2.24) is 15.2 Å². The number of aromatic nitrogens is 1. The Kier molecular flexibility index (Phi) is 8.43. The van der Waals surface area contributed by atoms with E-state index in [9.17, 15) is 4.79 Å². The molecule has 1 aliphatic rings. The van der Waals surface area contributed by atoms with E-state index in [-0.39, 0.29) is 18.3 Å². The predicted octanol–water partition coefficient (Wildman–Crippen LogP) is 3.02. The fraction of sp³-hybridized carbons (Fsp3) is 0.647. The number of nitrogens with one attached hydrogen (secondary N) is 1. The average molecular weight is 326 g/mol. The van der Waals surface area contributed by atoms with Gasteiger partial charge in [-0.2, -0.15) is 0 Å². The van der Waals surface area contributed by atoms with E-state index < -0.39 is 0 Å². The summed E-state index contributed by atoms with van der Waals surface area (Å²) >= 11 is 0. The van der Waals surface area contributed by atoms with E-state index in [1.807, 2.05) is 18.2 Å². The van der Waals surface area contributed by atoms with Gasteiger partial charge in [0.25, 0.3) is 0 Å². The number of pyridine rings is 1. The summed E-state index contributed by atoms with van der Waals surface area (Å²) in [5, 5.41) is 3.42. The first-order chi connectivity index (χ1) is 10.2. The largest absolute Gasteiger partial charge is 0.334 e. The molecule has 5 heteroatoms. The molecular weight excluding hydrogens is 298 g/mol. The van der Waals surface area contributed by atoms with Crippen LogP contribution in [-0.2, 0) is 11.3 Å². The van der Waals surface area contributed by atoms with E-state index in [0.29, 0.717) is 24.9 Å². The molecule has 1 aromatic heterocycles. The first kappa shape index (κ1) is 18.9. The number of amides is 1. The Bertz CT molecular complexity index is 431. The molecule has 1 unspecified atom stereocenters. The Balaban J connectivity index is 0.00000242. The Labute approximate surface area is 140 Å². The first-order valence-corrected chi connectivity index (χ1v) is 8.07. The molecule has 2 heterocycles.